The zero-order chi connectivity index (χ0) is 14.2. The van der Waals surface area contributed by atoms with Gasteiger partial charge in [-0.25, -0.2) is 0 Å². The second-order valence-corrected chi connectivity index (χ2v) is 4.09. The molecular formula is C17H16O3. The number of aliphatic hydroxyl groups excluding tert-OH is 1. The maximum Gasteiger partial charge on any atom is 0.125 e. The number of rotatable bonds is 4. The van der Waals surface area contributed by atoms with Crippen LogP contribution < -0.4 is 9.47 Å². The topological polar surface area (TPSA) is 38.7 Å². The lowest BCUT2D eigenvalue weighted by Gasteiger charge is -2.10. The zero-order valence-electron chi connectivity index (χ0n) is 11.3. The van der Waals surface area contributed by atoms with Gasteiger partial charge in [0.25, 0.3) is 0 Å². The average Bonchev–Trinajstić information content (AvgIpc) is 2.52. The fraction of sp³-hybridized carbons (Fsp3) is 0.176. The van der Waals surface area contributed by atoms with Crippen molar-refractivity contribution in [2.24, 2.45) is 0 Å². The number of hydrogen-bond donors (Lipinski definition) is 1. The zero-order valence-corrected chi connectivity index (χ0v) is 11.3. The molecule has 0 atom stereocenters. The summed E-state index contributed by atoms with van der Waals surface area (Å²) < 4.78 is 11.0. The van der Waals surface area contributed by atoms with Crippen LogP contribution in [0.5, 0.6) is 11.5 Å². The van der Waals surface area contributed by atoms with E-state index in [1.165, 1.54) is 0 Å². The number of hydrogen-bond acceptors (Lipinski definition) is 3. The Hall–Kier alpha value is -2.44. The van der Waals surface area contributed by atoms with Crippen molar-refractivity contribution in [3.8, 4) is 23.3 Å². The van der Waals surface area contributed by atoms with Gasteiger partial charge >= 0.3 is 0 Å². The van der Waals surface area contributed by atoms with Gasteiger partial charge in [0.05, 0.1) is 7.11 Å². The van der Waals surface area contributed by atoms with Gasteiger partial charge in [-0.3, -0.25) is 0 Å². The Morgan fingerprint density at radius 3 is 2.60 bits per heavy atom. The molecule has 102 valence electrons. The van der Waals surface area contributed by atoms with Gasteiger partial charge in [-0.15, -0.1) is 0 Å². The molecule has 0 saturated carbocycles. The maximum atomic E-state index is 8.73. The lowest BCUT2D eigenvalue weighted by atomic mass is 10.1. The summed E-state index contributed by atoms with van der Waals surface area (Å²) in [6.07, 6.45) is 0. The van der Waals surface area contributed by atoms with Crippen molar-refractivity contribution in [2.75, 3.05) is 13.7 Å². The molecule has 0 heterocycles. The van der Waals surface area contributed by atoms with Crippen LogP contribution in [0.1, 0.15) is 11.1 Å². The molecule has 3 heteroatoms. The smallest absolute Gasteiger partial charge is 0.125 e. The molecule has 0 aliphatic carbocycles. The van der Waals surface area contributed by atoms with Gasteiger partial charge in [-0.2, -0.15) is 0 Å². The highest BCUT2D eigenvalue weighted by atomic mass is 16.5. The van der Waals surface area contributed by atoms with Gasteiger partial charge in [0.15, 0.2) is 0 Å². The van der Waals surface area contributed by atoms with E-state index < -0.39 is 0 Å². The van der Waals surface area contributed by atoms with E-state index in [1.807, 2.05) is 48.5 Å². The van der Waals surface area contributed by atoms with E-state index in [9.17, 15) is 0 Å². The summed E-state index contributed by atoms with van der Waals surface area (Å²) in [7, 11) is 1.63. The summed E-state index contributed by atoms with van der Waals surface area (Å²) >= 11 is 0. The highest BCUT2D eigenvalue weighted by Crippen LogP contribution is 2.21. The van der Waals surface area contributed by atoms with E-state index in [1.54, 1.807) is 7.11 Å². The van der Waals surface area contributed by atoms with Gasteiger partial charge in [0.1, 0.15) is 24.7 Å². The maximum absolute atomic E-state index is 8.73. The minimum Gasteiger partial charge on any atom is -0.496 e. The Kier molecular flexibility index (Phi) is 5.05. The predicted octanol–water partition coefficient (Wildman–Crippen LogP) is 2.62. The molecule has 0 radical (unpaired) electrons. The lowest BCUT2D eigenvalue weighted by molar-refractivity contribution is 0.296. The van der Waals surface area contributed by atoms with Crippen molar-refractivity contribution < 1.29 is 14.6 Å². The van der Waals surface area contributed by atoms with E-state index in [0.29, 0.717) is 6.61 Å². The van der Waals surface area contributed by atoms with Crippen LogP contribution >= 0.6 is 0 Å². The van der Waals surface area contributed by atoms with Crippen molar-refractivity contribution in [3.05, 3.63) is 59.7 Å². The molecular weight excluding hydrogens is 252 g/mol. The van der Waals surface area contributed by atoms with Crippen LogP contribution in [0.4, 0.5) is 0 Å². The molecule has 20 heavy (non-hydrogen) atoms. The van der Waals surface area contributed by atoms with Gasteiger partial charge in [-0.05, 0) is 30.3 Å². The molecule has 0 spiro atoms. The number of aliphatic hydroxyl groups is 1. The van der Waals surface area contributed by atoms with Crippen molar-refractivity contribution in [2.45, 2.75) is 6.61 Å². The second kappa shape index (κ2) is 7.22. The fourth-order valence-corrected chi connectivity index (χ4v) is 1.79. The SMILES string of the molecule is COc1ccc(C#CCO)cc1COc1ccccc1. The normalized spacial score (nSPS) is 9.50. The van der Waals surface area contributed by atoms with Crippen LogP contribution in [0.3, 0.4) is 0 Å². The molecule has 0 amide bonds. The van der Waals surface area contributed by atoms with Gasteiger partial charge in [0, 0.05) is 11.1 Å². The first-order valence-electron chi connectivity index (χ1n) is 6.28. The van der Waals surface area contributed by atoms with E-state index >= 15 is 0 Å². The first-order valence-corrected chi connectivity index (χ1v) is 6.28. The second-order valence-electron chi connectivity index (χ2n) is 4.09. The summed E-state index contributed by atoms with van der Waals surface area (Å²) in [4.78, 5) is 0. The third-order valence-corrected chi connectivity index (χ3v) is 2.73. The fourth-order valence-electron chi connectivity index (χ4n) is 1.79. The number of methoxy groups -OCH3 is 1. The Bertz CT molecular complexity index is 609. The van der Waals surface area contributed by atoms with Gasteiger partial charge in [-0.1, -0.05) is 30.0 Å². The quantitative estimate of drug-likeness (QED) is 0.866. The summed E-state index contributed by atoms with van der Waals surface area (Å²) in [5.41, 5.74) is 1.74. The third kappa shape index (κ3) is 3.78. The molecule has 0 saturated heterocycles. The molecule has 3 nitrogen and oxygen atoms in total. The Morgan fingerprint density at radius 1 is 1.10 bits per heavy atom. The molecule has 0 aliphatic heterocycles. The first kappa shape index (κ1) is 14.0. The van der Waals surface area contributed by atoms with E-state index in [4.69, 9.17) is 14.6 Å². The van der Waals surface area contributed by atoms with Gasteiger partial charge < -0.3 is 14.6 Å². The van der Waals surface area contributed by atoms with Gasteiger partial charge in [0.2, 0.25) is 0 Å². The van der Waals surface area contributed by atoms with Crippen molar-refractivity contribution in [1.29, 1.82) is 0 Å². The molecule has 2 aromatic rings. The van der Waals surface area contributed by atoms with Crippen LogP contribution in [0.25, 0.3) is 0 Å². The summed E-state index contributed by atoms with van der Waals surface area (Å²) in [5.74, 6) is 7.07. The lowest BCUT2D eigenvalue weighted by Crippen LogP contribution is -1.99. The number of para-hydroxylation sites is 1. The molecule has 0 bridgehead atoms. The summed E-state index contributed by atoms with van der Waals surface area (Å²) in [5, 5.41) is 8.73. The Balaban J connectivity index is 2.16. The number of ether oxygens (including phenoxy) is 2. The van der Waals surface area contributed by atoms with Crippen LogP contribution in [0.15, 0.2) is 48.5 Å². The molecule has 0 aromatic heterocycles. The van der Waals surface area contributed by atoms with E-state index in [0.717, 1.165) is 22.6 Å². The van der Waals surface area contributed by atoms with Crippen molar-refractivity contribution >= 4 is 0 Å². The molecule has 0 fully saturated rings. The number of benzene rings is 2. The van der Waals surface area contributed by atoms with Crippen LogP contribution in [-0.4, -0.2) is 18.8 Å². The Morgan fingerprint density at radius 2 is 1.90 bits per heavy atom. The highest BCUT2D eigenvalue weighted by Gasteiger charge is 2.05. The summed E-state index contributed by atoms with van der Waals surface area (Å²) in [6, 6.07) is 15.2. The Labute approximate surface area is 118 Å². The summed E-state index contributed by atoms with van der Waals surface area (Å²) in [6.45, 7) is 0.254. The standard InChI is InChI=1S/C17H16O3/c1-19-17-10-9-14(6-5-11-18)12-15(17)13-20-16-7-3-2-4-8-16/h2-4,7-10,12,18H,11,13H2,1H3. The molecule has 2 aromatic carbocycles. The highest BCUT2D eigenvalue weighted by molar-refractivity contribution is 5.44. The van der Waals surface area contributed by atoms with E-state index in [2.05, 4.69) is 11.8 Å². The average molecular weight is 268 g/mol. The van der Waals surface area contributed by atoms with Crippen LogP contribution in [-0.2, 0) is 6.61 Å². The van der Waals surface area contributed by atoms with E-state index in [-0.39, 0.29) is 6.61 Å². The minimum absolute atomic E-state index is 0.151. The van der Waals surface area contributed by atoms with Crippen LogP contribution in [0.2, 0.25) is 0 Å². The molecule has 1 N–H and O–H groups in total. The largest absolute Gasteiger partial charge is 0.496 e. The van der Waals surface area contributed by atoms with Crippen molar-refractivity contribution in [3.63, 3.8) is 0 Å². The molecule has 0 unspecified atom stereocenters. The third-order valence-electron chi connectivity index (χ3n) is 2.73. The minimum atomic E-state index is -0.151. The molecule has 2 rings (SSSR count). The predicted molar refractivity (Wildman–Crippen MR) is 77.7 cm³/mol. The molecule has 0 aliphatic rings. The van der Waals surface area contributed by atoms with Crippen LogP contribution in [0, 0.1) is 11.8 Å². The van der Waals surface area contributed by atoms with Crippen molar-refractivity contribution in [1.82, 2.24) is 0 Å². The monoisotopic (exact) mass is 268 g/mol. The first-order chi connectivity index (χ1) is 9.83.